The number of nitrogens with one attached hydrogen (secondary N) is 1. The van der Waals surface area contributed by atoms with Crippen LogP contribution in [-0.2, 0) is 6.42 Å². The summed E-state index contributed by atoms with van der Waals surface area (Å²) in [6.45, 7) is 0. The fourth-order valence-electron chi connectivity index (χ4n) is 6.77. The van der Waals surface area contributed by atoms with Crippen molar-refractivity contribution in [3.8, 4) is 5.69 Å². The van der Waals surface area contributed by atoms with E-state index in [2.05, 4.69) is 118 Å². The minimum atomic E-state index is -0.581. The molecule has 8 rings (SSSR count). The molecule has 0 amide bonds. The number of hydrogen-bond acceptors (Lipinski definition) is 2. The van der Waals surface area contributed by atoms with Crippen molar-refractivity contribution in [3.63, 3.8) is 0 Å². The summed E-state index contributed by atoms with van der Waals surface area (Å²) in [4.78, 5) is 0. The van der Waals surface area contributed by atoms with E-state index < -0.39 is 6.17 Å². The number of allylic oxidation sites excluding steroid dienone is 1. The summed E-state index contributed by atoms with van der Waals surface area (Å²) in [5.41, 5.74) is 16.4. The Hall–Kier alpha value is -5.19. The van der Waals surface area contributed by atoms with Gasteiger partial charge in [-0.3, -0.25) is 0 Å². The van der Waals surface area contributed by atoms with Gasteiger partial charge in [0.2, 0.25) is 0 Å². The third kappa shape index (κ3) is 3.76. The first-order valence-electron chi connectivity index (χ1n) is 14.5. The molecule has 5 aromatic carbocycles. The van der Waals surface area contributed by atoms with Crippen LogP contribution in [0.5, 0.6) is 0 Å². The van der Waals surface area contributed by atoms with Crippen molar-refractivity contribution in [2.24, 2.45) is 5.73 Å². The molecule has 0 saturated carbocycles. The maximum Gasteiger partial charge on any atom is 0.125 e. The maximum absolute atomic E-state index is 8.91. The summed E-state index contributed by atoms with van der Waals surface area (Å²) < 4.78 is 4.50. The van der Waals surface area contributed by atoms with Crippen molar-refractivity contribution >= 4 is 44.5 Å². The molecule has 7 aromatic rings. The molecule has 0 bridgehead atoms. The molecule has 0 fully saturated rings. The van der Waals surface area contributed by atoms with Crippen LogP contribution in [0.2, 0.25) is 0 Å². The number of para-hydroxylation sites is 3. The van der Waals surface area contributed by atoms with Crippen LogP contribution >= 0.6 is 0 Å². The molecular formula is C38H30N4. The Bertz CT molecular complexity index is 2150. The highest BCUT2D eigenvalue weighted by Gasteiger charge is 2.27. The Morgan fingerprint density at radius 1 is 0.690 bits per heavy atom. The number of nitrogens with zero attached hydrogens (tertiary/aromatic N) is 2. The molecule has 3 N–H and O–H groups in total. The topological polar surface area (TPSA) is 59.7 Å². The van der Waals surface area contributed by atoms with Crippen molar-refractivity contribution < 1.29 is 0 Å². The quantitative estimate of drug-likeness (QED) is 0.210. The molecule has 2 heterocycles. The summed E-state index contributed by atoms with van der Waals surface area (Å²) in [7, 11) is 0. The highest BCUT2D eigenvalue weighted by Crippen LogP contribution is 2.40. The highest BCUT2D eigenvalue weighted by molar-refractivity contribution is 6.09. The fourth-order valence-corrected chi connectivity index (χ4v) is 6.77. The number of fused-ring (bicyclic) bond motifs is 6. The number of nitrogens with two attached hydrogens (primary N) is 1. The van der Waals surface area contributed by atoms with E-state index in [1.165, 1.54) is 44.0 Å². The minimum Gasteiger partial charge on any atom is -0.319 e. The first-order valence-corrected chi connectivity index (χ1v) is 14.5. The van der Waals surface area contributed by atoms with Gasteiger partial charge in [0.15, 0.2) is 0 Å². The zero-order valence-electron chi connectivity index (χ0n) is 23.1. The van der Waals surface area contributed by atoms with Crippen LogP contribution in [-0.4, -0.2) is 14.8 Å². The van der Waals surface area contributed by atoms with Crippen molar-refractivity contribution in [1.82, 2.24) is 9.13 Å². The molecule has 1 aliphatic rings. The lowest BCUT2D eigenvalue weighted by Crippen LogP contribution is -2.29. The van der Waals surface area contributed by atoms with Crippen molar-refractivity contribution in [3.05, 3.63) is 156 Å². The molecule has 1 unspecified atom stereocenters. The molecule has 202 valence electrons. The molecule has 0 aliphatic heterocycles. The average Bonchev–Trinajstić information content (AvgIpc) is 3.57. The van der Waals surface area contributed by atoms with Crippen LogP contribution in [0, 0.1) is 5.41 Å². The number of hydrogen-bond donors (Lipinski definition) is 2. The van der Waals surface area contributed by atoms with Gasteiger partial charge in [-0.05, 0) is 65.6 Å². The summed E-state index contributed by atoms with van der Waals surface area (Å²) >= 11 is 0. The van der Waals surface area contributed by atoms with Gasteiger partial charge in [-0.2, -0.15) is 0 Å². The molecule has 0 radical (unpaired) electrons. The third-order valence-corrected chi connectivity index (χ3v) is 8.77. The Balaban J connectivity index is 1.23. The Morgan fingerprint density at radius 3 is 2.12 bits per heavy atom. The van der Waals surface area contributed by atoms with Crippen molar-refractivity contribution in [1.29, 1.82) is 5.41 Å². The van der Waals surface area contributed by atoms with Crippen LogP contribution in [0.3, 0.4) is 0 Å². The zero-order chi connectivity index (χ0) is 28.2. The predicted molar refractivity (Wildman–Crippen MR) is 175 cm³/mol. The standard InChI is InChI=1S/C38H30N4/c39-37(25-11-3-1-4-12-25)38(40)42-34-18-10-8-16-30(34)32-24-27(20-22-36(32)42)26-19-21-35-31(23-26)29-15-7-9-17-33(29)41(35)28-13-5-2-6-14-28/h1-23,27,38-39H,24,40H2/t27?,38-/m1/s1. The second kappa shape index (κ2) is 9.72. The van der Waals surface area contributed by atoms with Gasteiger partial charge in [0.25, 0.3) is 0 Å². The van der Waals surface area contributed by atoms with Gasteiger partial charge in [0.05, 0.1) is 22.3 Å². The third-order valence-electron chi connectivity index (χ3n) is 8.77. The smallest absolute Gasteiger partial charge is 0.125 e. The van der Waals surface area contributed by atoms with Crippen molar-refractivity contribution in [2.45, 2.75) is 18.5 Å². The SMILES string of the molecule is N=C(c1ccccc1)[C@H](N)n1c2c(c3ccccc31)CC(c1ccc3c(c1)c1ccccc1n3-c1ccccc1)C=C2. The van der Waals surface area contributed by atoms with Gasteiger partial charge in [-0.25, -0.2) is 0 Å². The lowest BCUT2D eigenvalue weighted by Gasteiger charge is -2.23. The van der Waals surface area contributed by atoms with E-state index in [0.29, 0.717) is 5.71 Å². The van der Waals surface area contributed by atoms with E-state index in [9.17, 15) is 0 Å². The second-order valence-electron chi connectivity index (χ2n) is 11.1. The maximum atomic E-state index is 8.91. The lowest BCUT2D eigenvalue weighted by atomic mass is 9.86. The van der Waals surface area contributed by atoms with Gasteiger partial charge in [0, 0.05) is 33.5 Å². The van der Waals surface area contributed by atoms with E-state index in [1.807, 2.05) is 30.3 Å². The summed E-state index contributed by atoms with van der Waals surface area (Å²) in [6, 6.07) is 44.5. The van der Waals surface area contributed by atoms with Crippen LogP contribution in [0.15, 0.2) is 133 Å². The minimum absolute atomic E-state index is 0.241. The summed E-state index contributed by atoms with van der Waals surface area (Å²) in [5, 5.41) is 12.7. The van der Waals surface area contributed by atoms with Crippen LogP contribution in [0.1, 0.15) is 34.5 Å². The van der Waals surface area contributed by atoms with Gasteiger partial charge in [-0.15, -0.1) is 0 Å². The average molecular weight is 543 g/mol. The van der Waals surface area contributed by atoms with Crippen LogP contribution in [0.25, 0.3) is 44.5 Å². The molecule has 2 aromatic heterocycles. The van der Waals surface area contributed by atoms with Gasteiger partial charge < -0.3 is 20.3 Å². The van der Waals surface area contributed by atoms with E-state index in [1.54, 1.807) is 0 Å². The molecule has 2 atom stereocenters. The van der Waals surface area contributed by atoms with Crippen molar-refractivity contribution in [2.75, 3.05) is 0 Å². The molecule has 4 heteroatoms. The van der Waals surface area contributed by atoms with E-state index in [4.69, 9.17) is 11.1 Å². The monoisotopic (exact) mass is 542 g/mol. The summed E-state index contributed by atoms with van der Waals surface area (Å²) in [6.07, 6.45) is 4.84. The summed E-state index contributed by atoms with van der Waals surface area (Å²) in [5.74, 6) is 0.241. The molecule has 0 saturated heterocycles. The number of benzene rings is 5. The predicted octanol–water partition coefficient (Wildman–Crippen LogP) is 8.62. The normalized spacial score (nSPS) is 15.3. The van der Waals surface area contributed by atoms with Crippen LogP contribution in [0.4, 0.5) is 0 Å². The highest BCUT2D eigenvalue weighted by atomic mass is 15.1. The van der Waals surface area contributed by atoms with Gasteiger partial charge >= 0.3 is 0 Å². The molecule has 0 spiro atoms. The molecular weight excluding hydrogens is 512 g/mol. The van der Waals surface area contributed by atoms with Crippen LogP contribution < -0.4 is 5.73 Å². The lowest BCUT2D eigenvalue weighted by molar-refractivity contribution is 0.674. The molecule has 4 nitrogen and oxygen atoms in total. The van der Waals surface area contributed by atoms with E-state index >= 15 is 0 Å². The second-order valence-corrected chi connectivity index (χ2v) is 11.1. The molecule has 42 heavy (non-hydrogen) atoms. The fraction of sp³-hybridized carbons (Fsp3) is 0.0789. The zero-order valence-corrected chi connectivity index (χ0v) is 23.1. The van der Waals surface area contributed by atoms with E-state index in [0.717, 1.165) is 23.2 Å². The number of rotatable bonds is 5. The Kier molecular flexibility index (Phi) is 5.69. The van der Waals surface area contributed by atoms with Gasteiger partial charge in [0.1, 0.15) is 6.17 Å². The Labute approximate surface area is 244 Å². The Morgan fingerprint density at radius 2 is 1.33 bits per heavy atom. The number of aromatic nitrogens is 2. The first kappa shape index (κ1) is 24.6. The first-order chi connectivity index (χ1) is 20.7. The van der Waals surface area contributed by atoms with Gasteiger partial charge in [-0.1, -0.05) is 97.1 Å². The largest absolute Gasteiger partial charge is 0.319 e. The molecule has 1 aliphatic carbocycles. The van der Waals surface area contributed by atoms with E-state index in [-0.39, 0.29) is 5.92 Å².